The van der Waals surface area contributed by atoms with Crippen LogP contribution in [0.5, 0.6) is 0 Å². The minimum absolute atomic E-state index is 0.0372. The summed E-state index contributed by atoms with van der Waals surface area (Å²) in [6, 6.07) is 22.4. The fraction of sp³-hybridized carbons (Fsp3) is 0.0500. The van der Waals surface area contributed by atoms with Gasteiger partial charge in [0.05, 0.1) is 10.6 Å². The summed E-state index contributed by atoms with van der Waals surface area (Å²) in [7, 11) is -3.94. The van der Waals surface area contributed by atoms with Crippen LogP contribution >= 0.6 is 11.8 Å². The van der Waals surface area contributed by atoms with E-state index in [1.54, 1.807) is 24.3 Å². The summed E-state index contributed by atoms with van der Waals surface area (Å²) in [6.45, 7) is 1.86. The molecule has 0 aliphatic rings. The molecule has 0 saturated heterocycles. The lowest BCUT2D eigenvalue weighted by atomic mass is 10.2. The molecular weight excluding hydrogens is 380 g/mol. The Morgan fingerprint density at radius 3 is 2.19 bits per heavy atom. The van der Waals surface area contributed by atoms with Crippen LogP contribution in [0, 0.1) is 6.92 Å². The van der Waals surface area contributed by atoms with Crippen molar-refractivity contribution in [3.05, 3.63) is 84.4 Å². The topological polar surface area (TPSA) is 75.3 Å². The maximum atomic E-state index is 12.3. The number of sulfonamides is 1. The maximum Gasteiger partial charge on any atom is 0.333 e. The van der Waals surface area contributed by atoms with E-state index in [0.29, 0.717) is 5.69 Å². The Kier molecular flexibility index (Phi) is 5.83. The molecule has 0 radical (unpaired) electrons. The Labute approximate surface area is 162 Å². The molecule has 3 rings (SSSR count). The Balaban J connectivity index is 1.74. The average Bonchev–Trinajstić information content (AvgIpc) is 2.64. The molecule has 0 aliphatic heterocycles. The molecule has 27 heavy (non-hydrogen) atoms. The molecule has 0 heterocycles. The zero-order chi connectivity index (χ0) is 19.3. The Hall–Kier alpha value is -2.77. The Morgan fingerprint density at radius 1 is 0.852 bits per heavy atom. The lowest BCUT2D eigenvalue weighted by molar-refractivity contribution is 0.256. The Morgan fingerprint density at radius 2 is 1.48 bits per heavy atom. The van der Waals surface area contributed by atoms with E-state index in [1.165, 1.54) is 23.9 Å². The average molecular weight is 399 g/mol. The third-order valence-electron chi connectivity index (χ3n) is 3.66. The van der Waals surface area contributed by atoms with Gasteiger partial charge in [0.25, 0.3) is 10.0 Å². The molecular formula is C20H18N2O3S2. The molecule has 0 bridgehead atoms. The smallest absolute Gasteiger partial charge is 0.306 e. The number of hydrogen-bond acceptors (Lipinski definition) is 4. The van der Waals surface area contributed by atoms with E-state index < -0.39 is 16.1 Å². The molecule has 3 aromatic carbocycles. The predicted octanol–water partition coefficient (Wildman–Crippen LogP) is 4.66. The highest BCUT2D eigenvalue weighted by Gasteiger charge is 2.18. The van der Waals surface area contributed by atoms with E-state index in [2.05, 4.69) is 5.32 Å². The second-order valence-electron chi connectivity index (χ2n) is 5.78. The highest BCUT2D eigenvalue weighted by atomic mass is 32.2. The fourth-order valence-corrected chi connectivity index (χ4v) is 4.15. The van der Waals surface area contributed by atoms with Gasteiger partial charge in [-0.05, 0) is 43.3 Å². The molecule has 3 aromatic rings. The molecule has 138 valence electrons. The number of anilines is 1. The van der Waals surface area contributed by atoms with Gasteiger partial charge in [0.1, 0.15) is 0 Å². The summed E-state index contributed by atoms with van der Waals surface area (Å²) in [5, 5.41) is 2.62. The maximum absolute atomic E-state index is 12.3. The van der Waals surface area contributed by atoms with Crippen molar-refractivity contribution in [3.63, 3.8) is 0 Å². The first-order valence-electron chi connectivity index (χ1n) is 8.16. The van der Waals surface area contributed by atoms with Crippen molar-refractivity contribution in [2.75, 3.05) is 5.32 Å². The van der Waals surface area contributed by atoms with E-state index in [1.807, 2.05) is 54.1 Å². The van der Waals surface area contributed by atoms with E-state index in [-0.39, 0.29) is 4.90 Å². The summed E-state index contributed by atoms with van der Waals surface area (Å²) in [5.74, 6) is 0. The summed E-state index contributed by atoms with van der Waals surface area (Å²) in [6.07, 6.45) is 0. The number of amides is 2. The number of benzene rings is 3. The lowest BCUT2D eigenvalue weighted by Gasteiger charge is -2.12. The van der Waals surface area contributed by atoms with Crippen LogP contribution in [0.3, 0.4) is 0 Å². The van der Waals surface area contributed by atoms with Gasteiger partial charge in [0.15, 0.2) is 0 Å². The molecule has 5 nitrogen and oxygen atoms in total. The standard InChI is InChI=1S/C20H18N2O3S2/c1-15-11-13-17(14-12-15)27(24,25)22-20(23)21-18-9-5-6-10-19(18)26-16-7-3-2-4-8-16/h2-14H,1H3,(H2,21,22,23). The van der Waals surface area contributed by atoms with Gasteiger partial charge >= 0.3 is 6.03 Å². The minimum Gasteiger partial charge on any atom is -0.306 e. The van der Waals surface area contributed by atoms with Gasteiger partial charge in [-0.2, -0.15) is 0 Å². The molecule has 0 aliphatic carbocycles. The van der Waals surface area contributed by atoms with Crippen LogP contribution in [-0.2, 0) is 10.0 Å². The third-order valence-corrected chi connectivity index (χ3v) is 6.10. The van der Waals surface area contributed by atoms with Gasteiger partial charge in [0.2, 0.25) is 0 Å². The zero-order valence-electron chi connectivity index (χ0n) is 14.5. The highest BCUT2D eigenvalue weighted by molar-refractivity contribution is 7.99. The van der Waals surface area contributed by atoms with Crippen LogP contribution in [0.4, 0.5) is 10.5 Å². The molecule has 0 aromatic heterocycles. The quantitative estimate of drug-likeness (QED) is 0.656. The summed E-state index contributed by atoms with van der Waals surface area (Å²) >= 11 is 1.48. The minimum atomic E-state index is -3.94. The predicted molar refractivity (Wildman–Crippen MR) is 108 cm³/mol. The van der Waals surface area contributed by atoms with Crippen LogP contribution in [0.2, 0.25) is 0 Å². The number of para-hydroxylation sites is 1. The van der Waals surface area contributed by atoms with Crippen molar-refractivity contribution >= 4 is 33.5 Å². The van der Waals surface area contributed by atoms with Crippen molar-refractivity contribution in [2.45, 2.75) is 21.6 Å². The van der Waals surface area contributed by atoms with Gasteiger partial charge in [-0.15, -0.1) is 0 Å². The van der Waals surface area contributed by atoms with Gasteiger partial charge in [-0.1, -0.05) is 59.8 Å². The van der Waals surface area contributed by atoms with E-state index in [0.717, 1.165) is 15.4 Å². The van der Waals surface area contributed by atoms with Crippen LogP contribution in [0.1, 0.15) is 5.56 Å². The zero-order valence-corrected chi connectivity index (χ0v) is 16.2. The van der Waals surface area contributed by atoms with Crippen molar-refractivity contribution < 1.29 is 13.2 Å². The van der Waals surface area contributed by atoms with Crippen LogP contribution in [0.25, 0.3) is 0 Å². The van der Waals surface area contributed by atoms with Gasteiger partial charge < -0.3 is 5.32 Å². The molecule has 0 unspecified atom stereocenters. The number of nitrogens with one attached hydrogen (secondary N) is 2. The van der Waals surface area contributed by atoms with Gasteiger partial charge in [-0.3, -0.25) is 0 Å². The first-order chi connectivity index (χ1) is 12.9. The number of carbonyl (C=O) groups excluding carboxylic acids is 1. The summed E-state index contributed by atoms with van der Waals surface area (Å²) in [5.41, 5.74) is 1.47. The molecule has 2 amide bonds. The first kappa shape index (κ1) is 19.0. The van der Waals surface area contributed by atoms with Gasteiger partial charge in [-0.25, -0.2) is 17.9 Å². The number of carbonyl (C=O) groups is 1. The van der Waals surface area contributed by atoms with Gasteiger partial charge in [0, 0.05) is 9.79 Å². The number of rotatable bonds is 5. The molecule has 2 N–H and O–H groups in total. The van der Waals surface area contributed by atoms with E-state index >= 15 is 0 Å². The molecule has 7 heteroatoms. The summed E-state index contributed by atoms with van der Waals surface area (Å²) < 4.78 is 26.7. The number of aryl methyl sites for hydroxylation is 1. The number of hydrogen-bond donors (Lipinski definition) is 2. The normalized spacial score (nSPS) is 11.0. The molecule has 0 atom stereocenters. The van der Waals surface area contributed by atoms with E-state index in [9.17, 15) is 13.2 Å². The Bertz CT molecular complexity index is 1030. The second kappa shape index (κ2) is 8.28. The summed E-state index contributed by atoms with van der Waals surface area (Å²) in [4.78, 5) is 14.1. The monoisotopic (exact) mass is 398 g/mol. The SMILES string of the molecule is Cc1ccc(S(=O)(=O)NC(=O)Nc2ccccc2Sc2ccccc2)cc1. The first-order valence-corrected chi connectivity index (χ1v) is 10.5. The van der Waals surface area contributed by atoms with E-state index in [4.69, 9.17) is 0 Å². The van der Waals surface area contributed by atoms with Crippen LogP contribution in [0.15, 0.2) is 93.5 Å². The van der Waals surface area contributed by atoms with Crippen LogP contribution < -0.4 is 10.0 Å². The largest absolute Gasteiger partial charge is 0.333 e. The second-order valence-corrected chi connectivity index (χ2v) is 8.58. The third kappa shape index (κ3) is 5.12. The molecule has 0 saturated carbocycles. The van der Waals surface area contributed by atoms with Crippen molar-refractivity contribution in [1.82, 2.24) is 4.72 Å². The molecule has 0 spiro atoms. The molecule has 0 fully saturated rings. The lowest BCUT2D eigenvalue weighted by Crippen LogP contribution is -2.34. The van der Waals surface area contributed by atoms with Crippen molar-refractivity contribution in [3.8, 4) is 0 Å². The van der Waals surface area contributed by atoms with Crippen molar-refractivity contribution in [2.24, 2.45) is 0 Å². The highest BCUT2D eigenvalue weighted by Crippen LogP contribution is 2.33. The van der Waals surface area contributed by atoms with Crippen molar-refractivity contribution in [1.29, 1.82) is 0 Å². The fourth-order valence-electron chi connectivity index (χ4n) is 2.32. The number of urea groups is 1. The van der Waals surface area contributed by atoms with Crippen LogP contribution in [-0.4, -0.2) is 14.4 Å².